The molecule has 4 aromatic rings. The molecule has 5 heterocycles. The topological polar surface area (TPSA) is 120 Å². The molecule has 0 unspecified atom stereocenters. The molecule has 1 atom stereocenters. The number of fused-ring (bicyclic) bond motifs is 6. The summed E-state index contributed by atoms with van der Waals surface area (Å²) < 4.78 is 18.0. The van der Waals surface area contributed by atoms with Gasteiger partial charge in [-0.25, -0.2) is 9.78 Å². The summed E-state index contributed by atoms with van der Waals surface area (Å²) in [4.78, 5) is 31.0. The van der Waals surface area contributed by atoms with Crippen molar-refractivity contribution in [1.29, 1.82) is 0 Å². The van der Waals surface area contributed by atoms with Crippen LogP contribution in [0.25, 0.3) is 33.4 Å². The van der Waals surface area contributed by atoms with Crippen LogP contribution < -0.4 is 15.0 Å². The van der Waals surface area contributed by atoms with E-state index in [-0.39, 0.29) is 48.8 Å². The number of hydrogen-bond donors (Lipinski definition) is 2. The predicted molar refractivity (Wildman–Crippen MR) is 128 cm³/mol. The molecule has 9 nitrogen and oxygen atoms in total. The molecule has 0 spiro atoms. The van der Waals surface area contributed by atoms with Gasteiger partial charge in [-0.05, 0) is 41.8 Å². The Morgan fingerprint density at radius 1 is 1.03 bits per heavy atom. The van der Waals surface area contributed by atoms with E-state index in [2.05, 4.69) is 0 Å². The Labute approximate surface area is 204 Å². The minimum Gasteiger partial charge on any atom is -0.508 e. The van der Waals surface area contributed by atoms with Crippen LogP contribution >= 0.6 is 0 Å². The van der Waals surface area contributed by atoms with Crippen LogP contribution in [0.3, 0.4) is 0 Å². The largest absolute Gasteiger partial charge is 0.508 e. The van der Waals surface area contributed by atoms with E-state index in [1.54, 1.807) is 35.8 Å². The van der Waals surface area contributed by atoms with E-state index in [0.717, 1.165) is 22.1 Å². The van der Waals surface area contributed by atoms with Crippen LogP contribution in [0.2, 0.25) is 0 Å². The highest BCUT2D eigenvalue weighted by atomic mass is 16.7. The van der Waals surface area contributed by atoms with Crippen molar-refractivity contribution in [1.82, 2.24) is 9.55 Å². The van der Waals surface area contributed by atoms with Gasteiger partial charge in [0.25, 0.3) is 5.56 Å². The lowest BCUT2D eigenvalue weighted by molar-refractivity contribution is -0.172. The van der Waals surface area contributed by atoms with Gasteiger partial charge in [0.05, 0.1) is 29.0 Å². The van der Waals surface area contributed by atoms with Gasteiger partial charge >= 0.3 is 5.97 Å². The number of phenolic OH excluding ortho intramolecular Hbond substituents is 1. The number of nitrogens with zero attached hydrogens (tertiary/aromatic N) is 2. The third-order valence-electron chi connectivity index (χ3n) is 7.34. The van der Waals surface area contributed by atoms with Gasteiger partial charge in [-0.3, -0.25) is 4.79 Å². The van der Waals surface area contributed by atoms with Crippen LogP contribution in [0.1, 0.15) is 30.0 Å². The number of aromatic hydroxyl groups is 1. The molecule has 0 radical (unpaired) electrons. The highest BCUT2D eigenvalue weighted by molar-refractivity contribution is 6.01. The van der Waals surface area contributed by atoms with Gasteiger partial charge in [-0.2, -0.15) is 0 Å². The molecule has 0 bridgehead atoms. The standard InChI is InChI=1S/C27H20N2O7/c1-2-27(33)18-8-20-24-16(10-29(20)25(31)17(18)11-34-26(27)32)23(13-3-5-14(30)6-4-13)15-7-21-22(36-12-35-21)9-19(15)28-24/h3-9,30,33H,2,10-12H2,1H3/t27-/m0/s1. The summed E-state index contributed by atoms with van der Waals surface area (Å²) in [7, 11) is 0. The van der Waals surface area contributed by atoms with E-state index in [9.17, 15) is 19.8 Å². The number of carbonyl (C=O) groups is 1. The Morgan fingerprint density at radius 3 is 2.53 bits per heavy atom. The molecule has 0 fully saturated rings. The fourth-order valence-electron chi connectivity index (χ4n) is 5.43. The van der Waals surface area contributed by atoms with Gasteiger partial charge in [-0.15, -0.1) is 0 Å². The molecule has 0 aliphatic carbocycles. The third-order valence-corrected chi connectivity index (χ3v) is 7.34. The number of aliphatic hydroxyl groups is 1. The smallest absolute Gasteiger partial charge is 0.343 e. The molecule has 2 aromatic carbocycles. The highest BCUT2D eigenvalue weighted by Gasteiger charge is 2.45. The molecular weight excluding hydrogens is 464 g/mol. The zero-order chi connectivity index (χ0) is 24.8. The zero-order valence-electron chi connectivity index (χ0n) is 19.2. The summed E-state index contributed by atoms with van der Waals surface area (Å²) in [6, 6.07) is 12.2. The van der Waals surface area contributed by atoms with Gasteiger partial charge in [0, 0.05) is 22.6 Å². The first-order valence-electron chi connectivity index (χ1n) is 11.6. The lowest BCUT2D eigenvalue weighted by atomic mass is 9.86. The van der Waals surface area contributed by atoms with Gasteiger partial charge in [0.15, 0.2) is 17.1 Å². The molecule has 7 rings (SSSR count). The lowest BCUT2D eigenvalue weighted by Gasteiger charge is -2.31. The molecule has 0 amide bonds. The number of hydrogen-bond acceptors (Lipinski definition) is 8. The zero-order valence-corrected chi connectivity index (χ0v) is 19.2. The van der Waals surface area contributed by atoms with E-state index in [0.29, 0.717) is 28.4 Å². The number of rotatable bonds is 2. The second kappa shape index (κ2) is 7.08. The predicted octanol–water partition coefficient (Wildman–Crippen LogP) is 3.18. The average Bonchev–Trinajstić information content (AvgIpc) is 3.49. The van der Waals surface area contributed by atoms with Crippen LogP contribution in [0.5, 0.6) is 17.2 Å². The number of carbonyl (C=O) groups excluding carboxylic acids is 1. The van der Waals surface area contributed by atoms with Crippen molar-refractivity contribution in [3.05, 3.63) is 69.5 Å². The van der Waals surface area contributed by atoms with E-state index < -0.39 is 11.6 Å². The first kappa shape index (κ1) is 21.0. The van der Waals surface area contributed by atoms with Gasteiger partial charge in [0.1, 0.15) is 12.4 Å². The molecule has 2 aromatic heterocycles. The van der Waals surface area contributed by atoms with Gasteiger partial charge < -0.3 is 29.0 Å². The van der Waals surface area contributed by atoms with Crippen molar-refractivity contribution < 1.29 is 29.2 Å². The molecule has 36 heavy (non-hydrogen) atoms. The SMILES string of the molecule is CC[C@@]1(O)C(=O)OCc2c1cc1n(c2=O)Cc2c-1nc1cc3c(cc1c2-c1ccc(O)cc1)OCO3. The van der Waals surface area contributed by atoms with Crippen LogP contribution in [0.15, 0.2) is 47.3 Å². The number of benzene rings is 2. The Balaban J connectivity index is 1.56. The Morgan fingerprint density at radius 2 is 1.78 bits per heavy atom. The fourth-order valence-corrected chi connectivity index (χ4v) is 5.43. The number of cyclic esters (lactones) is 1. The minimum atomic E-state index is -1.90. The maximum absolute atomic E-state index is 13.6. The fraction of sp³-hybridized carbons (Fsp3) is 0.222. The number of phenols is 1. The normalized spacial score (nSPS) is 19.1. The van der Waals surface area contributed by atoms with Crippen molar-refractivity contribution in [2.24, 2.45) is 0 Å². The first-order valence-corrected chi connectivity index (χ1v) is 11.6. The van der Waals surface area contributed by atoms with Crippen molar-refractivity contribution in [2.45, 2.75) is 32.1 Å². The van der Waals surface area contributed by atoms with Crippen molar-refractivity contribution >= 4 is 16.9 Å². The van der Waals surface area contributed by atoms with E-state index in [1.807, 2.05) is 18.2 Å². The molecule has 3 aliphatic heterocycles. The van der Waals surface area contributed by atoms with Crippen LogP contribution in [-0.4, -0.2) is 32.5 Å². The lowest BCUT2D eigenvalue weighted by Crippen LogP contribution is -2.44. The van der Waals surface area contributed by atoms with Crippen LogP contribution in [-0.2, 0) is 28.3 Å². The second-order valence-electron chi connectivity index (χ2n) is 9.19. The summed E-state index contributed by atoms with van der Waals surface area (Å²) in [5, 5.41) is 21.8. The van der Waals surface area contributed by atoms with Crippen LogP contribution in [0, 0.1) is 0 Å². The summed E-state index contributed by atoms with van der Waals surface area (Å²) in [6.07, 6.45) is 0.0714. The summed E-state index contributed by atoms with van der Waals surface area (Å²) in [5.74, 6) is 0.567. The second-order valence-corrected chi connectivity index (χ2v) is 9.19. The van der Waals surface area contributed by atoms with Crippen molar-refractivity contribution in [2.75, 3.05) is 6.79 Å². The molecule has 180 valence electrons. The van der Waals surface area contributed by atoms with Gasteiger partial charge in [-0.1, -0.05) is 19.1 Å². The van der Waals surface area contributed by atoms with E-state index in [4.69, 9.17) is 19.2 Å². The summed E-state index contributed by atoms with van der Waals surface area (Å²) in [6.45, 7) is 1.86. The number of pyridine rings is 2. The van der Waals surface area contributed by atoms with Crippen LogP contribution in [0.4, 0.5) is 0 Å². The molecule has 3 aliphatic rings. The average molecular weight is 484 g/mol. The maximum Gasteiger partial charge on any atom is 0.343 e. The Bertz CT molecular complexity index is 1690. The first-order chi connectivity index (χ1) is 17.4. The maximum atomic E-state index is 13.6. The molecule has 0 saturated carbocycles. The molecule has 9 heteroatoms. The minimum absolute atomic E-state index is 0.0714. The third kappa shape index (κ3) is 2.66. The Kier molecular flexibility index (Phi) is 4.12. The van der Waals surface area contributed by atoms with Crippen molar-refractivity contribution in [3.63, 3.8) is 0 Å². The molecule has 2 N–H and O–H groups in total. The van der Waals surface area contributed by atoms with E-state index >= 15 is 0 Å². The van der Waals surface area contributed by atoms with Gasteiger partial charge in [0.2, 0.25) is 6.79 Å². The highest BCUT2D eigenvalue weighted by Crippen LogP contribution is 2.46. The number of esters is 1. The Hall–Kier alpha value is -4.37. The number of aromatic nitrogens is 2. The monoisotopic (exact) mass is 484 g/mol. The summed E-state index contributed by atoms with van der Waals surface area (Å²) in [5.41, 5.74) is 2.58. The molecule has 0 saturated heterocycles. The van der Waals surface area contributed by atoms with Crippen molar-refractivity contribution in [3.8, 4) is 39.8 Å². The summed E-state index contributed by atoms with van der Waals surface area (Å²) >= 11 is 0. The molecular formula is C27H20N2O7. The number of ether oxygens (including phenoxy) is 3. The quantitative estimate of drug-likeness (QED) is 0.367. The van der Waals surface area contributed by atoms with E-state index in [1.165, 1.54) is 0 Å².